The Morgan fingerprint density at radius 3 is 2.37 bits per heavy atom. The van der Waals surface area contributed by atoms with Gasteiger partial charge < -0.3 is 9.64 Å². The number of benzene rings is 1. The molecule has 19 heavy (non-hydrogen) atoms. The van der Waals surface area contributed by atoms with Gasteiger partial charge in [0.05, 0.1) is 4.90 Å². The van der Waals surface area contributed by atoms with E-state index in [1.807, 2.05) is 13.8 Å². The summed E-state index contributed by atoms with van der Waals surface area (Å²) < 4.78 is 41.5. The molecule has 0 unspecified atom stereocenters. The Kier molecular flexibility index (Phi) is 5.75. The van der Waals surface area contributed by atoms with Crippen molar-refractivity contribution in [3.63, 3.8) is 0 Å². The van der Waals surface area contributed by atoms with Crippen LogP contribution in [0.25, 0.3) is 0 Å². The van der Waals surface area contributed by atoms with Crippen molar-refractivity contribution in [3.05, 3.63) is 24.0 Å². The SMILES string of the molecule is CCN(CC)CCOc1cc(F)cc(S(C)(=O)=O)c1. The van der Waals surface area contributed by atoms with Gasteiger partial charge in [0.25, 0.3) is 0 Å². The summed E-state index contributed by atoms with van der Waals surface area (Å²) in [6, 6.07) is 3.53. The molecule has 0 N–H and O–H groups in total. The zero-order chi connectivity index (χ0) is 14.5. The summed E-state index contributed by atoms with van der Waals surface area (Å²) in [6.07, 6.45) is 1.04. The van der Waals surface area contributed by atoms with Crippen LogP contribution in [-0.2, 0) is 9.84 Å². The number of hydrogen-bond acceptors (Lipinski definition) is 4. The average Bonchev–Trinajstić information content (AvgIpc) is 2.33. The van der Waals surface area contributed by atoms with Crippen LogP contribution in [0.1, 0.15) is 13.8 Å². The van der Waals surface area contributed by atoms with Crippen LogP contribution in [0.2, 0.25) is 0 Å². The number of hydrogen-bond donors (Lipinski definition) is 0. The van der Waals surface area contributed by atoms with Crippen molar-refractivity contribution in [3.8, 4) is 5.75 Å². The van der Waals surface area contributed by atoms with E-state index in [1.54, 1.807) is 0 Å². The predicted octanol–water partition coefficient (Wildman–Crippen LogP) is 1.95. The smallest absolute Gasteiger partial charge is 0.175 e. The van der Waals surface area contributed by atoms with Crippen molar-refractivity contribution < 1.29 is 17.5 Å². The molecule has 0 bridgehead atoms. The van der Waals surface area contributed by atoms with Gasteiger partial charge in [-0.05, 0) is 25.2 Å². The van der Waals surface area contributed by atoms with Crippen LogP contribution >= 0.6 is 0 Å². The molecule has 0 saturated carbocycles. The number of ether oxygens (including phenoxy) is 1. The highest BCUT2D eigenvalue weighted by Crippen LogP contribution is 2.20. The van der Waals surface area contributed by atoms with Gasteiger partial charge in [-0.3, -0.25) is 0 Å². The Morgan fingerprint density at radius 2 is 1.84 bits per heavy atom. The minimum atomic E-state index is -3.43. The monoisotopic (exact) mass is 289 g/mol. The molecule has 0 aliphatic rings. The maximum absolute atomic E-state index is 13.3. The summed E-state index contributed by atoms with van der Waals surface area (Å²) in [5.74, 6) is -0.367. The lowest BCUT2D eigenvalue weighted by molar-refractivity contribution is 0.222. The highest BCUT2D eigenvalue weighted by Gasteiger charge is 2.11. The first kappa shape index (κ1) is 15.9. The van der Waals surface area contributed by atoms with E-state index in [0.29, 0.717) is 6.61 Å². The molecule has 108 valence electrons. The number of rotatable bonds is 7. The summed E-state index contributed by atoms with van der Waals surface area (Å²) in [7, 11) is -3.43. The Hall–Kier alpha value is -1.14. The van der Waals surface area contributed by atoms with E-state index in [-0.39, 0.29) is 10.6 Å². The van der Waals surface area contributed by atoms with Crippen LogP contribution in [0.5, 0.6) is 5.75 Å². The number of halogens is 1. The zero-order valence-corrected chi connectivity index (χ0v) is 12.3. The van der Waals surface area contributed by atoms with Crippen LogP contribution in [0.4, 0.5) is 4.39 Å². The molecule has 0 radical (unpaired) electrons. The summed E-state index contributed by atoms with van der Waals surface area (Å²) in [6.45, 7) is 7.04. The van der Waals surface area contributed by atoms with E-state index in [0.717, 1.165) is 32.0 Å². The first-order valence-corrected chi connectivity index (χ1v) is 8.11. The lowest BCUT2D eigenvalue weighted by Crippen LogP contribution is -2.27. The average molecular weight is 289 g/mol. The van der Waals surface area contributed by atoms with Gasteiger partial charge >= 0.3 is 0 Å². The lowest BCUT2D eigenvalue weighted by Gasteiger charge is -2.18. The standard InChI is InChI=1S/C13H20FNO3S/c1-4-15(5-2)6-7-18-12-8-11(14)9-13(10-12)19(3,16)17/h8-10H,4-7H2,1-3H3. The highest BCUT2D eigenvalue weighted by molar-refractivity contribution is 7.90. The molecule has 0 amide bonds. The molecule has 4 nitrogen and oxygen atoms in total. The summed E-state index contributed by atoms with van der Waals surface area (Å²) in [5, 5.41) is 0. The number of sulfone groups is 1. The second kappa shape index (κ2) is 6.86. The molecular formula is C13H20FNO3S. The molecule has 1 rings (SSSR count). The molecule has 0 heterocycles. The van der Waals surface area contributed by atoms with Crippen molar-refractivity contribution in [2.75, 3.05) is 32.5 Å². The quantitative estimate of drug-likeness (QED) is 0.770. The largest absolute Gasteiger partial charge is 0.492 e. The van der Waals surface area contributed by atoms with E-state index in [4.69, 9.17) is 4.74 Å². The van der Waals surface area contributed by atoms with Gasteiger partial charge in [-0.25, -0.2) is 12.8 Å². The number of nitrogens with zero attached hydrogens (tertiary/aromatic N) is 1. The van der Waals surface area contributed by atoms with Crippen LogP contribution in [0.3, 0.4) is 0 Å². The third-order valence-electron chi connectivity index (χ3n) is 2.84. The molecule has 0 spiro atoms. The van der Waals surface area contributed by atoms with Crippen LogP contribution < -0.4 is 4.74 Å². The molecule has 0 aliphatic carbocycles. The molecule has 0 saturated heterocycles. The van der Waals surface area contributed by atoms with E-state index in [1.165, 1.54) is 12.1 Å². The van der Waals surface area contributed by atoms with Gasteiger partial charge in [0.2, 0.25) is 0 Å². The first-order chi connectivity index (χ1) is 8.86. The fourth-order valence-corrected chi connectivity index (χ4v) is 2.32. The minimum absolute atomic E-state index is 0.0645. The van der Waals surface area contributed by atoms with Gasteiger partial charge in [0, 0.05) is 18.9 Å². The third-order valence-corrected chi connectivity index (χ3v) is 3.94. The van der Waals surface area contributed by atoms with Gasteiger partial charge in [-0.1, -0.05) is 13.8 Å². The van der Waals surface area contributed by atoms with Crippen molar-refractivity contribution in [2.45, 2.75) is 18.7 Å². The van der Waals surface area contributed by atoms with E-state index in [9.17, 15) is 12.8 Å². The van der Waals surface area contributed by atoms with Crippen molar-refractivity contribution in [1.82, 2.24) is 4.90 Å². The van der Waals surface area contributed by atoms with Crippen molar-refractivity contribution >= 4 is 9.84 Å². The maximum atomic E-state index is 13.3. The molecule has 1 aromatic rings. The Bertz CT molecular complexity index is 513. The summed E-state index contributed by atoms with van der Waals surface area (Å²) in [4.78, 5) is 2.10. The molecule has 0 fully saturated rings. The van der Waals surface area contributed by atoms with Crippen LogP contribution in [-0.4, -0.2) is 45.8 Å². The van der Waals surface area contributed by atoms with Crippen LogP contribution in [0.15, 0.2) is 23.1 Å². The van der Waals surface area contributed by atoms with Crippen molar-refractivity contribution in [2.24, 2.45) is 0 Å². The van der Waals surface area contributed by atoms with Crippen LogP contribution in [0, 0.1) is 5.82 Å². The Balaban J connectivity index is 2.72. The van der Waals surface area contributed by atoms with Gasteiger partial charge in [-0.15, -0.1) is 0 Å². The van der Waals surface area contributed by atoms with E-state index in [2.05, 4.69) is 4.90 Å². The molecule has 1 aromatic carbocycles. The molecule has 0 atom stereocenters. The highest BCUT2D eigenvalue weighted by atomic mass is 32.2. The molecule has 0 aliphatic heterocycles. The second-order valence-electron chi connectivity index (χ2n) is 4.27. The third kappa shape index (κ3) is 5.16. The molecule has 0 aromatic heterocycles. The van der Waals surface area contributed by atoms with E-state index < -0.39 is 15.7 Å². The fourth-order valence-electron chi connectivity index (χ4n) is 1.67. The predicted molar refractivity (Wildman–Crippen MR) is 72.8 cm³/mol. The molecule has 6 heteroatoms. The fraction of sp³-hybridized carbons (Fsp3) is 0.538. The second-order valence-corrected chi connectivity index (χ2v) is 6.29. The first-order valence-electron chi connectivity index (χ1n) is 6.22. The van der Waals surface area contributed by atoms with Gasteiger partial charge in [-0.2, -0.15) is 0 Å². The Morgan fingerprint density at radius 1 is 1.21 bits per heavy atom. The summed E-state index contributed by atoms with van der Waals surface area (Å²) in [5.41, 5.74) is 0. The topological polar surface area (TPSA) is 46.6 Å². The lowest BCUT2D eigenvalue weighted by atomic mass is 10.3. The summed E-state index contributed by atoms with van der Waals surface area (Å²) >= 11 is 0. The zero-order valence-electron chi connectivity index (χ0n) is 11.5. The molecular weight excluding hydrogens is 269 g/mol. The number of likely N-dealkylation sites (N-methyl/N-ethyl adjacent to an activating group) is 1. The van der Waals surface area contributed by atoms with E-state index >= 15 is 0 Å². The van der Waals surface area contributed by atoms with Gasteiger partial charge in [0.1, 0.15) is 18.2 Å². The maximum Gasteiger partial charge on any atom is 0.175 e. The van der Waals surface area contributed by atoms with Crippen molar-refractivity contribution in [1.29, 1.82) is 0 Å². The Labute approximate surface area is 114 Å². The normalized spacial score (nSPS) is 11.8. The van der Waals surface area contributed by atoms with Gasteiger partial charge in [0.15, 0.2) is 9.84 Å². The minimum Gasteiger partial charge on any atom is -0.492 e.